The van der Waals surface area contributed by atoms with Gasteiger partial charge in [0.2, 0.25) is 0 Å². The first-order chi connectivity index (χ1) is 11.4. The van der Waals surface area contributed by atoms with Gasteiger partial charge < -0.3 is 18.8 Å². The fraction of sp³-hybridized carbons (Fsp3) is 0.438. The number of ether oxygens (including phenoxy) is 3. The second kappa shape index (κ2) is 6.41. The van der Waals surface area contributed by atoms with Gasteiger partial charge in [-0.15, -0.1) is 0 Å². The van der Waals surface area contributed by atoms with Crippen molar-refractivity contribution in [1.29, 1.82) is 0 Å². The number of carbonyl (C=O) groups is 2. The maximum Gasteiger partial charge on any atom is 0.303 e. The summed E-state index contributed by atoms with van der Waals surface area (Å²) in [5, 5.41) is 0.552. The van der Waals surface area contributed by atoms with Crippen molar-refractivity contribution in [1.82, 2.24) is 9.55 Å². The van der Waals surface area contributed by atoms with Crippen LogP contribution in [-0.2, 0) is 23.8 Å². The lowest BCUT2D eigenvalue weighted by Crippen LogP contribution is -2.38. The number of hydrogen-bond donors (Lipinski definition) is 0. The van der Waals surface area contributed by atoms with Gasteiger partial charge in [-0.3, -0.25) is 9.59 Å². The predicted octanol–water partition coefficient (Wildman–Crippen LogP) is 2.47. The van der Waals surface area contributed by atoms with Crippen molar-refractivity contribution in [3.63, 3.8) is 0 Å². The number of hydrogen-bond acceptors (Lipinski definition) is 6. The summed E-state index contributed by atoms with van der Waals surface area (Å²) in [6.07, 6.45) is -1.01. The highest BCUT2D eigenvalue weighted by molar-refractivity contribution is 6.31. The van der Waals surface area contributed by atoms with E-state index in [0.717, 1.165) is 11.0 Å². The number of esters is 2. The Labute approximate surface area is 143 Å². The SMILES string of the molecule is CC(=O)O[C@@H]1[C@H](OC(C)=O)[C@@H](C)O[C@H]1n1cnc2ccc(Cl)cc21. The van der Waals surface area contributed by atoms with E-state index in [9.17, 15) is 9.59 Å². The van der Waals surface area contributed by atoms with Crippen molar-refractivity contribution in [2.45, 2.75) is 45.3 Å². The summed E-state index contributed by atoms with van der Waals surface area (Å²) in [6, 6.07) is 5.28. The molecule has 1 aromatic carbocycles. The molecular weight excluding hydrogens is 336 g/mol. The van der Waals surface area contributed by atoms with Gasteiger partial charge in [0.25, 0.3) is 0 Å². The van der Waals surface area contributed by atoms with E-state index in [-0.39, 0.29) is 0 Å². The molecule has 3 rings (SSSR count). The largest absolute Gasteiger partial charge is 0.456 e. The van der Waals surface area contributed by atoms with Crippen molar-refractivity contribution in [2.24, 2.45) is 0 Å². The summed E-state index contributed by atoms with van der Waals surface area (Å²) in [7, 11) is 0. The van der Waals surface area contributed by atoms with Gasteiger partial charge in [0.15, 0.2) is 18.4 Å². The summed E-state index contributed by atoms with van der Waals surface area (Å²) in [5.41, 5.74) is 1.47. The van der Waals surface area contributed by atoms with Gasteiger partial charge in [-0.05, 0) is 25.1 Å². The second-order valence-electron chi connectivity index (χ2n) is 5.66. The first-order valence-corrected chi connectivity index (χ1v) is 7.86. The summed E-state index contributed by atoms with van der Waals surface area (Å²) in [4.78, 5) is 27.2. The number of benzene rings is 1. The van der Waals surface area contributed by atoms with Crippen molar-refractivity contribution in [3.8, 4) is 0 Å². The highest BCUT2D eigenvalue weighted by Crippen LogP contribution is 2.36. The summed E-state index contributed by atoms with van der Waals surface area (Å²) < 4.78 is 18.3. The Balaban J connectivity index is 2.01. The molecule has 2 heterocycles. The molecule has 0 amide bonds. The number of carbonyl (C=O) groups excluding carboxylic acids is 2. The third-order valence-corrected chi connectivity index (χ3v) is 4.07. The molecule has 0 aliphatic carbocycles. The molecule has 0 unspecified atom stereocenters. The number of imidazole rings is 1. The van der Waals surface area contributed by atoms with E-state index in [1.807, 2.05) is 0 Å². The number of rotatable bonds is 3. The number of nitrogens with zero attached hydrogens (tertiary/aromatic N) is 2. The number of halogens is 1. The van der Waals surface area contributed by atoms with Gasteiger partial charge in [-0.1, -0.05) is 11.6 Å². The van der Waals surface area contributed by atoms with Gasteiger partial charge in [0.1, 0.15) is 0 Å². The summed E-state index contributed by atoms with van der Waals surface area (Å²) in [5.74, 6) is -0.950. The van der Waals surface area contributed by atoms with Crippen molar-refractivity contribution in [2.75, 3.05) is 0 Å². The van der Waals surface area contributed by atoms with Crippen molar-refractivity contribution in [3.05, 3.63) is 29.5 Å². The zero-order valence-electron chi connectivity index (χ0n) is 13.4. The number of aromatic nitrogens is 2. The standard InChI is InChI=1S/C16H17ClN2O5/c1-8-14(23-9(2)20)15(24-10(3)21)16(22-8)19-7-18-12-5-4-11(17)6-13(12)19/h4-8,14-16H,1-3H3/t8-,14-,15-,16-/m1/s1. The highest BCUT2D eigenvalue weighted by atomic mass is 35.5. The minimum atomic E-state index is -0.780. The summed E-state index contributed by atoms with van der Waals surface area (Å²) in [6.45, 7) is 4.36. The Bertz CT molecular complexity index is 790. The third kappa shape index (κ3) is 3.09. The Kier molecular flexibility index (Phi) is 4.47. The first-order valence-electron chi connectivity index (χ1n) is 7.49. The van der Waals surface area contributed by atoms with Gasteiger partial charge in [0, 0.05) is 18.9 Å². The van der Waals surface area contributed by atoms with Gasteiger partial charge in [-0.2, -0.15) is 0 Å². The molecule has 1 aromatic heterocycles. The van der Waals surface area contributed by atoms with Crippen LogP contribution in [0.4, 0.5) is 0 Å². The van der Waals surface area contributed by atoms with Crippen molar-refractivity contribution < 1.29 is 23.8 Å². The van der Waals surface area contributed by atoms with Crippen LogP contribution < -0.4 is 0 Å². The molecule has 1 aliphatic heterocycles. The Hall–Kier alpha value is -2.12. The molecule has 24 heavy (non-hydrogen) atoms. The average molecular weight is 353 g/mol. The molecule has 7 nitrogen and oxygen atoms in total. The highest BCUT2D eigenvalue weighted by Gasteiger charge is 2.48. The quantitative estimate of drug-likeness (QED) is 0.789. The molecule has 1 fully saturated rings. The Morgan fingerprint density at radius 2 is 1.88 bits per heavy atom. The smallest absolute Gasteiger partial charge is 0.303 e. The van der Waals surface area contributed by atoms with E-state index < -0.39 is 36.5 Å². The molecular formula is C16H17ClN2O5. The molecule has 0 radical (unpaired) electrons. The van der Waals surface area contributed by atoms with Crippen LogP contribution in [0.15, 0.2) is 24.5 Å². The molecule has 1 aliphatic rings. The van der Waals surface area contributed by atoms with E-state index >= 15 is 0 Å². The second-order valence-corrected chi connectivity index (χ2v) is 6.10. The maximum atomic E-state index is 11.5. The number of fused-ring (bicyclic) bond motifs is 1. The Morgan fingerprint density at radius 3 is 2.54 bits per heavy atom. The minimum absolute atomic E-state index is 0.445. The zero-order valence-corrected chi connectivity index (χ0v) is 14.2. The predicted molar refractivity (Wildman–Crippen MR) is 85.4 cm³/mol. The topological polar surface area (TPSA) is 79.6 Å². The molecule has 0 spiro atoms. The van der Waals surface area contributed by atoms with Crippen LogP contribution in [0.25, 0.3) is 11.0 Å². The van der Waals surface area contributed by atoms with Crippen LogP contribution in [0.2, 0.25) is 5.02 Å². The molecule has 0 saturated carbocycles. The van der Waals surface area contributed by atoms with E-state index in [4.69, 9.17) is 25.8 Å². The summed E-state index contributed by atoms with van der Waals surface area (Å²) >= 11 is 6.06. The normalized spacial score (nSPS) is 26.5. The fourth-order valence-corrected chi connectivity index (χ4v) is 3.07. The third-order valence-electron chi connectivity index (χ3n) is 3.84. The van der Waals surface area contributed by atoms with E-state index in [2.05, 4.69) is 4.98 Å². The van der Waals surface area contributed by atoms with Gasteiger partial charge >= 0.3 is 11.9 Å². The van der Waals surface area contributed by atoms with Crippen LogP contribution in [-0.4, -0.2) is 39.8 Å². The van der Waals surface area contributed by atoms with Crippen LogP contribution in [0.1, 0.15) is 27.0 Å². The minimum Gasteiger partial charge on any atom is -0.456 e. The van der Waals surface area contributed by atoms with Crippen LogP contribution >= 0.6 is 11.6 Å². The van der Waals surface area contributed by atoms with E-state index in [1.165, 1.54) is 13.8 Å². The van der Waals surface area contributed by atoms with E-state index in [0.29, 0.717) is 5.02 Å². The lowest BCUT2D eigenvalue weighted by atomic mass is 10.1. The fourth-order valence-electron chi connectivity index (χ4n) is 2.90. The molecule has 128 valence electrons. The molecule has 8 heteroatoms. The van der Waals surface area contributed by atoms with Crippen LogP contribution in [0.5, 0.6) is 0 Å². The Morgan fingerprint density at radius 1 is 1.21 bits per heavy atom. The average Bonchev–Trinajstić information content (AvgIpc) is 3.01. The van der Waals surface area contributed by atoms with Crippen LogP contribution in [0, 0.1) is 0 Å². The molecule has 2 aromatic rings. The molecule has 1 saturated heterocycles. The lowest BCUT2D eigenvalue weighted by Gasteiger charge is -2.23. The molecule has 4 atom stereocenters. The van der Waals surface area contributed by atoms with Crippen molar-refractivity contribution >= 4 is 34.6 Å². The van der Waals surface area contributed by atoms with Crippen LogP contribution in [0.3, 0.4) is 0 Å². The first kappa shape index (κ1) is 16.7. The lowest BCUT2D eigenvalue weighted by molar-refractivity contribution is -0.165. The van der Waals surface area contributed by atoms with Gasteiger partial charge in [-0.25, -0.2) is 4.98 Å². The molecule has 0 N–H and O–H groups in total. The zero-order chi connectivity index (χ0) is 17.4. The van der Waals surface area contributed by atoms with Gasteiger partial charge in [0.05, 0.1) is 23.5 Å². The van der Waals surface area contributed by atoms with E-state index in [1.54, 1.807) is 36.0 Å². The molecule has 0 bridgehead atoms. The maximum absolute atomic E-state index is 11.5. The monoisotopic (exact) mass is 352 g/mol.